The topological polar surface area (TPSA) is 81.4 Å². The van der Waals surface area contributed by atoms with Crippen LogP contribution >= 0.6 is 0 Å². The quantitative estimate of drug-likeness (QED) is 0.621. The molecule has 0 unspecified atom stereocenters. The van der Waals surface area contributed by atoms with Gasteiger partial charge in [-0.15, -0.1) is 0 Å². The molecule has 0 radical (unpaired) electrons. The molecule has 0 saturated heterocycles. The first-order chi connectivity index (χ1) is 9.90. The summed E-state index contributed by atoms with van der Waals surface area (Å²) in [6.07, 6.45) is 4.58. The van der Waals surface area contributed by atoms with Crippen LogP contribution in [0.3, 0.4) is 0 Å². The van der Waals surface area contributed by atoms with Crippen molar-refractivity contribution < 1.29 is 17.5 Å². The summed E-state index contributed by atoms with van der Waals surface area (Å²) in [6.45, 7) is 1.88. The van der Waals surface area contributed by atoms with Gasteiger partial charge in [0.05, 0.1) is 12.7 Å². The maximum absolute atomic E-state index is 13.9. The van der Waals surface area contributed by atoms with Gasteiger partial charge in [-0.3, -0.25) is 0 Å². The molecule has 2 rings (SSSR count). The zero-order valence-corrected chi connectivity index (χ0v) is 12.9. The maximum Gasteiger partial charge on any atom is 0.243 e. The SMILES string of the molecule is Cc1cc(N)cc(S(=O)(=O)NCCOC2CCCC2)c1F. The second-order valence-electron chi connectivity index (χ2n) is 5.32. The fourth-order valence-corrected chi connectivity index (χ4v) is 3.69. The molecule has 1 aliphatic rings. The summed E-state index contributed by atoms with van der Waals surface area (Å²) >= 11 is 0. The fraction of sp³-hybridized carbons (Fsp3) is 0.571. The Morgan fingerprint density at radius 2 is 2.05 bits per heavy atom. The van der Waals surface area contributed by atoms with Gasteiger partial charge in [0.1, 0.15) is 10.7 Å². The van der Waals surface area contributed by atoms with Crippen molar-refractivity contribution in [1.82, 2.24) is 4.72 Å². The van der Waals surface area contributed by atoms with Crippen LogP contribution in [-0.2, 0) is 14.8 Å². The molecule has 21 heavy (non-hydrogen) atoms. The van der Waals surface area contributed by atoms with E-state index in [4.69, 9.17) is 10.5 Å². The van der Waals surface area contributed by atoms with Gasteiger partial charge in [0, 0.05) is 12.2 Å². The minimum absolute atomic E-state index is 0.117. The van der Waals surface area contributed by atoms with Crippen molar-refractivity contribution in [2.75, 3.05) is 18.9 Å². The van der Waals surface area contributed by atoms with Gasteiger partial charge in [0.25, 0.3) is 0 Å². The predicted octanol–water partition coefficient (Wildman–Crippen LogP) is 1.95. The molecule has 5 nitrogen and oxygen atoms in total. The van der Waals surface area contributed by atoms with Gasteiger partial charge in [-0.1, -0.05) is 12.8 Å². The van der Waals surface area contributed by atoms with Crippen molar-refractivity contribution in [1.29, 1.82) is 0 Å². The standard InChI is InChI=1S/C14H21FN2O3S/c1-10-8-11(16)9-13(14(10)15)21(18,19)17-6-7-20-12-4-2-3-5-12/h8-9,12,17H,2-7,16H2,1H3. The number of nitrogens with one attached hydrogen (secondary N) is 1. The fourth-order valence-electron chi connectivity index (χ4n) is 2.49. The number of hydrogen-bond donors (Lipinski definition) is 2. The summed E-state index contributed by atoms with van der Waals surface area (Å²) in [7, 11) is -3.92. The van der Waals surface area contributed by atoms with E-state index in [-0.39, 0.29) is 30.5 Å². The molecule has 0 aromatic heterocycles. The highest BCUT2D eigenvalue weighted by molar-refractivity contribution is 7.89. The van der Waals surface area contributed by atoms with Crippen LogP contribution in [0.25, 0.3) is 0 Å². The van der Waals surface area contributed by atoms with E-state index < -0.39 is 20.7 Å². The number of rotatable bonds is 6. The van der Waals surface area contributed by atoms with Crippen molar-refractivity contribution in [3.8, 4) is 0 Å². The number of benzene rings is 1. The molecule has 1 fully saturated rings. The summed E-state index contributed by atoms with van der Waals surface area (Å²) in [6, 6.07) is 2.53. The van der Waals surface area contributed by atoms with Crippen LogP contribution in [0.1, 0.15) is 31.2 Å². The van der Waals surface area contributed by atoms with Crippen molar-refractivity contribution >= 4 is 15.7 Å². The summed E-state index contributed by atoms with van der Waals surface area (Å²) in [4.78, 5) is -0.416. The van der Waals surface area contributed by atoms with Crippen LogP contribution in [0, 0.1) is 12.7 Å². The zero-order chi connectivity index (χ0) is 15.5. The van der Waals surface area contributed by atoms with Gasteiger partial charge in [0.2, 0.25) is 10.0 Å². The molecular formula is C14H21FN2O3S. The third kappa shape index (κ3) is 4.15. The summed E-state index contributed by atoms with van der Waals surface area (Å²) in [5.74, 6) is -0.770. The van der Waals surface area contributed by atoms with Gasteiger partial charge in [-0.2, -0.15) is 0 Å². The number of hydrogen-bond acceptors (Lipinski definition) is 4. The largest absolute Gasteiger partial charge is 0.399 e. The number of ether oxygens (including phenoxy) is 1. The van der Waals surface area contributed by atoms with Gasteiger partial charge in [-0.25, -0.2) is 17.5 Å². The van der Waals surface area contributed by atoms with E-state index in [0.717, 1.165) is 31.7 Å². The molecule has 3 N–H and O–H groups in total. The normalized spacial score (nSPS) is 16.5. The van der Waals surface area contributed by atoms with E-state index in [1.807, 2.05) is 0 Å². The zero-order valence-electron chi connectivity index (χ0n) is 12.1. The minimum atomic E-state index is -3.92. The molecule has 0 amide bonds. The molecule has 7 heteroatoms. The Morgan fingerprint density at radius 1 is 1.38 bits per heavy atom. The van der Waals surface area contributed by atoms with Gasteiger partial charge >= 0.3 is 0 Å². The monoisotopic (exact) mass is 316 g/mol. The van der Waals surface area contributed by atoms with Crippen LogP contribution in [-0.4, -0.2) is 27.7 Å². The molecule has 0 heterocycles. The Balaban J connectivity index is 1.95. The van der Waals surface area contributed by atoms with E-state index in [1.165, 1.54) is 13.0 Å². The average molecular weight is 316 g/mol. The lowest BCUT2D eigenvalue weighted by Gasteiger charge is -2.13. The lowest BCUT2D eigenvalue weighted by Crippen LogP contribution is -2.29. The van der Waals surface area contributed by atoms with Crippen molar-refractivity contribution in [3.63, 3.8) is 0 Å². The first-order valence-electron chi connectivity index (χ1n) is 7.07. The van der Waals surface area contributed by atoms with Crippen molar-refractivity contribution in [2.45, 2.75) is 43.6 Å². The highest BCUT2D eigenvalue weighted by Gasteiger charge is 2.21. The number of nitrogens with two attached hydrogens (primary N) is 1. The lowest BCUT2D eigenvalue weighted by molar-refractivity contribution is 0.0626. The Morgan fingerprint density at radius 3 is 2.71 bits per heavy atom. The average Bonchev–Trinajstić information content (AvgIpc) is 2.92. The Hall–Kier alpha value is -1.18. The van der Waals surface area contributed by atoms with Crippen LogP contribution in [0.15, 0.2) is 17.0 Å². The third-order valence-corrected chi connectivity index (χ3v) is 5.04. The van der Waals surface area contributed by atoms with Crippen molar-refractivity contribution in [3.05, 3.63) is 23.5 Å². The second kappa shape index (κ2) is 6.72. The molecule has 1 aromatic carbocycles. The first-order valence-corrected chi connectivity index (χ1v) is 8.55. The number of aryl methyl sites for hydroxylation is 1. The van der Waals surface area contributed by atoms with Crippen LogP contribution in [0.2, 0.25) is 0 Å². The predicted molar refractivity (Wildman–Crippen MR) is 78.9 cm³/mol. The molecular weight excluding hydrogens is 295 g/mol. The molecule has 0 spiro atoms. The number of nitrogen functional groups attached to an aromatic ring is 1. The molecule has 1 aromatic rings. The maximum atomic E-state index is 13.9. The minimum Gasteiger partial charge on any atom is -0.399 e. The Bertz CT molecular complexity index is 598. The summed E-state index contributed by atoms with van der Waals surface area (Å²) in [5.41, 5.74) is 6.00. The van der Waals surface area contributed by atoms with E-state index in [1.54, 1.807) is 0 Å². The molecule has 0 bridgehead atoms. The molecule has 1 aliphatic carbocycles. The Labute approximate surface area is 124 Å². The second-order valence-corrected chi connectivity index (χ2v) is 7.06. The Kier molecular flexibility index (Phi) is 5.18. The van der Waals surface area contributed by atoms with E-state index >= 15 is 0 Å². The number of halogens is 1. The van der Waals surface area contributed by atoms with E-state index in [0.29, 0.717) is 0 Å². The molecule has 118 valence electrons. The van der Waals surface area contributed by atoms with Crippen LogP contribution < -0.4 is 10.5 Å². The summed E-state index contributed by atoms with van der Waals surface area (Å²) < 4.78 is 46.0. The lowest BCUT2D eigenvalue weighted by atomic mass is 10.2. The highest BCUT2D eigenvalue weighted by atomic mass is 32.2. The highest BCUT2D eigenvalue weighted by Crippen LogP contribution is 2.22. The van der Waals surface area contributed by atoms with Crippen molar-refractivity contribution in [2.24, 2.45) is 0 Å². The van der Waals surface area contributed by atoms with Gasteiger partial charge < -0.3 is 10.5 Å². The van der Waals surface area contributed by atoms with Gasteiger partial charge in [0.15, 0.2) is 0 Å². The molecule has 0 aliphatic heterocycles. The van der Waals surface area contributed by atoms with E-state index in [9.17, 15) is 12.8 Å². The van der Waals surface area contributed by atoms with Crippen LogP contribution in [0.5, 0.6) is 0 Å². The van der Waals surface area contributed by atoms with Crippen LogP contribution in [0.4, 0.5) is 10.1 Å². The van der Waals surface area contributed by atoms with E-state index in [2.05, 4.69) is 4.72 Å². The third-order valence-electron chi connectivity index (χ3n) is 3.58. The first kappa shape index (κ1) is 16.2. The summed E-state index contributed by atoms with van der Waals surface area (Å²) in [5, 5.41) is 0. The molecule has 1 saturated carbocycles. The number of anilines is 1. The smallest absolute Gasteiger partial charge is 0.243 e. The number of sulfonamides is 1. The molecule has 0 atom stereocenters. The van der Waals surface area contributed by atoms with Gasteiger partial charge in [-0.05, 0) is 37.5 Å².